The smallest absolute Gasteiger partial charge is 0.307 e. The third kappa shape index (κ3) is 3.71. The molecule has 2 saturated carbocycles. The number of amides is 1. The molecule has 1 amide bonds. The zero-order valence-corrected chi connectivity index (χ0v) is 12.2. The molecule has 0 aromatic heterocycles. The van der Waals surface area contributed by atoms with Gasteiger partial charge in [-0.2, -0.15) is 13.7 Å². The Balaban J connectivity index is 2.07. The van der Waals surface area contributed by atoms with E-state index in [9.17, 15) is 18.0 Å². The van der Waals surface area contributed by atoms with E-state index in [1.807, 2.05) is 6.07 Å². The summed E-state index contributed by atoms with van der Waals surface area (Å²) in [6.07, 6.45) is 1.11. The minimum absolute atomic E-state index is 0.0113. The molecule has 1 unspecified atom stereocenters. The zero-order valence-electron chi connectivity index (χ0n) is 11.4. The minimum Gasteiger partial charge on any atom is -0.481 e. The number of aliphatic carboxylic acids is 1. The van der Waals surface area contributed by atoms with Gasteiger partial charge in [-0.3, -0.25) is 13.8 Å². The molecule has 8 nitrogen and oxygen atoms in total. The lowest BCUT2D eigenvalue weighted by molar-refractivity contribution is -0.146. The van der Waals surface area contributed by atoms with Crippen LogP contribution in [0.2, 0.25) is 0 Å². The molecule has 2 rings (SSSR count). The van der Waals surface area contributed by atoms with E-state index in [1.165, 1.54) is 0 Å². The summed E-state index contributed by atoms with van der Waals surface area (Å²) >= 11 is 0. The van der Waals surface area contributed by atoms with Crippen LogP contribution in [0.1, 0.15) is 25.7 Å². The summed E-state index contributed by atoms with van der Waals surface area (Å²) in [7, 11) is -3.71. The van der Waals surface area contributed by atoms with Gasteiger partial charge in [-0.1, -0.05) is 0 Å². The SMILES string of the molecule is CS(=O)(=O)OC1C[C@@H](C(=O)O)[C@H](C(=O)NC2(C#N)CC2)C1. The minimum atomic E-state index is -3.71. The Morgan fingerprint density at radius 1 is 1.33 bits per heavy atom. The van der Waals surface area contributed by atoms with E-state index >= 15 is 0 Å². The van der Waals surface area contributed by atoms with Crippen LogP contribution in [0.5, 0.6) is 0 Å². The van der Waals surface area contributed by atoms with E-state index in [1.54, 1.807) is 0 Å². The predicted molar refractivity (Wildman–Crippen MR) is 69.3 cm³/mol. The monoisotopic (exact) mass is 316 g/mol. The average Bonchev–Trinajstić information content (AvgIpc) is 2.99. The summed E-state index contributed by atoms with van der Waals surface area (Å²) in [6, 6.07) is 1.99. The number of carbonyl (C=O) groups is 2. The van der Waals surface area contributed by atoms with Crippen molar-refractivity contribution in [1.82, 2.24) is 5.32 Å². The normalized spacial score (nSPS) is 30.4. The van der Waals surface area contributed by atoms with Crippen molar-refractivity contribution in [2.24, 2.45) is 11.8 Å². The highest BCUT2D eigenvalue weighted by molar-refractivity contribution is 7.86. The summed E-state index contributed by atoms with van der Waals surface area (Å²) in [6.45, 7) is 0. The summed E-state index contributed by atoms with van der Waals surface area (Å²) in [5.74, 6) is -3.59. The highest BCUT2D eigenvalue weighted by Crippen LogP contribution is 2.38. The Morgan fingerprint density at radius 3 is 2.33 bits per heavy atom. The van der Waals surface area contributed by atoms with Gasteiger partial charge < -0.3 is 10.4 Å². The quantitative estimate of drug-likeness (QED) is 0.660. The Hall–Kier alpha value is -1.66. The lowest BCUT2D eigenvalue weighted by Gasteiger charge is -2.17. The number of carboxylic acids is 1. The van der Waals surface area contributed by atoms with Gasteiger partial charge in [0, 0.05) is 0 Å². The third-order valence-electron chi connectivity index (χ3n) is 3.81. The molecule has 2 N–H and O–H groups in total. The third-order valence-corrected chi connectivity index (χ3v) is 4.43. The van der Waals surface area contributed by atoms with Gasteiger partial charge in [0.25, 0.3) is 10.1 Å². The number of nitriles is 1. The molecule has 0 spiro atoms. The van der Waals surface area contributed by atoms with Crippen LogP contribution < -0.4 is 5.32 Å². The Labute approximate surface area is 122 Å². The largest absolute Gasteiger partial charge is 0.481 e. The van der Waals surface area contributed by atoms with Crippen molar-refractivity contribution in [2.45, 2.75) is 37.3 Å². The van der Waals surface area contributed by atoms with Crippen LogP contribution in [-0.2, 0) is 23.9 Å². The van der Waals surface area contributed by atoms with Gasteiger partial charge in [-0.25, -0.2) is 0 Å². The van der Waals surface area contributed by atoms with Gasteiger partial charge in [0.15, 0.2) is 0 Å². The number of carboxylic acid groups (broad SMARTS) is 1. The Morgan fingerprint density at radius 2 is 1.90 bits per heavy atom. The van der Waals surface area contributed by atoms with Crippen molar-refractivity contribution in [3.8, 4) is 6.07 Å². The molecule has 116 valence electrons. The second-order valence-electron chi connectivity index (χ2n) is 5.63. The molecule has 0 bridgehead atoms. The van der Waals surface area contributed by atoms with Crippen LogP contribution in [0.15, 0.2) is 0 Å². The number of rotatable bonds is 5. The lowest BCUT2D eigenvalue weighted by Crippen LogP contribution is -2.42. The van der Waals surface area contributed by atoms with E-state index in [2.05, 4.69) is 5.32 Å². The van der Waals surface area contributed by atoms with Gasteiger partial charge in [0.2, 0.25) is 5.91 Å². The first-order chi connectivity index (χ1) is 9.66. The summed E-state index contributed by atoms with van der Waals surface area (Å²) < 4.78 is 27.0. The summed E-state index contributed by atoms with van der Waals surface area (Å²) in [5.41, 5.74) is -0.879. The van der Waals surface area contributed by atoms with Crippen LogP contribution in [-0.4, -0.2) is 43.3 Å². The average molecular weight is 316 g/mol. The zero-order chi connectivity index (χ0) is 15.8. The first kappa shape index (κ1) is 15.7. The molecular formula is C12H16N2O6S. The maximum absolute atomic E-state index is 12.2. The van der Waals surface area contributed by atoms with Crippen molar-refractivity contribution < 1.29 is 27.3 Å². The standard InChI is InChI=1S/C12H16N2O6S/c1-21(18,19)20-7-4-8(9(5-7)11(16)17)10(15)14-12(6-13)2-3-12/h7-9H,2-5H2,1H3,(H,14,15)(H,16,17)/t7?,8-,9-/m1/s1. The van der Waals surface area contributed by atoms with E-state index in [0.29, 0.717) is 12.8 Å². The molecule has 0 aromatic carbocycles. The van der Waals surface area contributed by atoms with Gasteiger partial charge in [-0.05, 0) is 25.7 Å². The van der Waals surface area contributed by atoms with E-state index < -0.39 is 45.5 Å². The summed E-state index contributed by atoms with van der Waals surface area (Å²) in [5, 5.41) is 20.7. The highest BCUT2D eigenvalue weighted by atomic mass is 32.2. The maximum atomic E-state index is 12.2. The van der Waals surface area contributed by atoms with E-state index in [0.717, 1.165) is 6.26 Å². The molecule has 0 aromatic rings. The first-order valence-electron chi connectivity index (χ1n) is 6.50. The van der Waals surface area contributed by atoms with Crippen molar-refractivity contribution in [1.29, 1.82) is 5.26 Å². The maximum Gasteiger partial charge on any atom is 0.307 e. The van der Waals surface area contributed by atoms with Gasteiger partial charge in [-0.15, -0.1) is 0 Å². The second-order valence-corrected chi connectivity index (χ2v) is 7.23. The van der Waals surface area contributed by atoms with Crippen LogP contribution in [0.25, 0.3) is 0 Å². The fourth-order valence-electron chi connectivity index (χ4n) is 2.60. The van der Waals surface area contributed by atoms with Gasteiger partial charge in [0.05, 0.1) is 30.3 Å². The van der Waals surface area contributed by atoms with Crippen molar-refractivity contribution in [3.05, 3.63) is 0 Å². The molecule has 0 aliphatic heterocycles. The molecule has 0 heterocycles. The molecular weight excluding hydrogens is 300 g/mol. The van der Waals surface area contributed by atoms with Crippen LogP contribution >= 0.6 is 0 Å². The molecule has 2 aliphatic carbocycles. The highest BCUT2D eigenvalue weighted by Gasteiger charge is 2.50. The van der Waals surface area contributed by atoms with Crippen molar-refractivity contribution >= 4 is 22.0 Å². The fraction of sp³-hybridized carbons (Fsp3) is 0.750. The number of carbonyl (C=O) groups excluding carboxylic acids is 1. The molecule has 3 atom stereocenters. The van der Waals surface area contributed by atoms with Crippen LogP contribution in [0.3, 0.4) is 0 Å². The lowest BCUT2D eigenvalue weighted by atomic mass is 9.95. The molecule has 2 fully saturated rings. The predicted octanol–water partition coefficient (Wildman–Crippen LogP) is -0.386. The summed E-state index contributed by atoms with van der Waals surface area (Å²) in [4.78, 5) is 23.4. The number of hydrogen-bond donors (Lipinski definition) is 2. The number of hydrogen-bond acceptors (Lipinski definition) is 6. The molecule has 0 radical (unpaired) electrons. The Bertz CT molecular complexity index is 604. The Kier molecular flexibility index (Phi) is 3.95. The van der Waals surface area contributed by atoms with Crippen LogP contribution in [0.4, 0.5) is 0 Å². The number of nitrogens with zero attached hydrogens (tertiary/aromatic N) is 1. The molecule has 2 aliphatic rings. The van der Waals surface area contributed by atoms with Gasteiger partial charge >= 0.3 is 5.97 Å². The van der Waals surface area contributed by atoms with E-state index in [4.69, 9.17) is 14.6 Å². The van der Waals surface area contributed by atoms with Gasteiger partial charge in [0.1, 0.15) is 5.54 Å². The van der Waals surface area contributed by atoms with E-state index in [-0.39, 0.29) is 12.8 Å². The fourth-order valence-corrected chi connectivity index (χ4v) is 3.25. The second kappa shape index (κ2) is 5.27. The first-order valence-corrected chi connectivity index (χ1v) is 8.32. The number of nitrogens with one attached hydrogen (secondary N) is 1. The molecule has 0 saturated heterocycles. The van der Waals surface area contributed by atoms with Crippen LogP contribution in [0, 0.1) is 23.2 Å². The topological polar surface area (TPSA) is 134 Å². The van der Waals surface area contributed by atoms with Crippen molar-refractivity contribution in [2.75, 3.05) is 6.26 Å². The van der Waals surface area contributed by atoms with Crippen molar-refractivity contribution in [3.63, 3.8) is 0 Å². The molecule has 21 heavy (non-hydrogen) atoms. The molecule has 9 heteroatoms.